The van der Waals surface area contributed by atoms with Crippen LogP contribution < -0.4 is 5.32 Å². The van der Waals surface area contributed by atoms with Gasteiger partial charge >= 0.3 is 12.1 Å². The molecule has 6 heteroatoms. The van der Waals surface area contributed by atoms with Crippen molar-refractivity contribution >= 4 is 12.1 Å². The lowest BCUT2D eigenvalue weighted by Gasteiger charge is -2.41. The van der Waals surface area contributed by atoms with Crippen molar-refractivity contribution in [2.45, 2.75) is 50.9 Å². The molecule has 1 spiro atoms. The van der Waals surface area contributed by atoms with E-state index >= 15 is 0 Å². The molecule has 140 valence electrons. The molecule has 26 heavy (non-hydrogen) atoms. The number of amides is 1. The van der Waals surface area contributed by atoms with Gasteiger partial charge in [-0.2, -0.15) is 0 Å². The van der Waals surface area contributed by atoms with Gasteiger partial charge in [-0.15, -0.1) is 0 Å². The van der Waals surface area contributed by atoms with E-state index in [9.17, 15) is 9.59 Å². The van der Waals surface area contributed by atoms with Crippen LogP contribution in [0.25, 0.3) is 0 Å². The molecule has 1 aromatic rings. The van der Waals surface area contributed by atoms with E-state index in [0.29, 0.717) is 31.6 Å². The van der Waals surface area contributed by atoms with Crippen molar-refractivity contribution in [3.05, 3.63) is 48.2 Å². The topological polar surface area (TPSA) is 67.9 Å². The summed E-state index contributed by atoms with van der Waals surface area (Å²) in [6.45, 7) is 7.83. The fourth-order valence-electron chi connectivity index (χ4n) is 3.68. The molecule has 0 bridgehead atoms. The van der Waals surface area contributed by atoms with E-state index in [4.69, 9.17) is 9.47 Å². The van der Waals surface area contributed by atoms with E-state index in [1.54, 1.807) is 0 Å². The Morgan fingerprint density at radius 2 is 2.04 bits per heavy atom. The van der Waals surface area contributed by atoms with Crippen molar-refractivity contribution in [2.75, 3.05) is 13.1 Å². The quantitative estimate of drug-likeness (QED) is 0.792. The lowest BCUT2D eigenvalue weighted by atomic mass is 9.88. The summed E-state index contributed by atoms with van der Waals surface area (Å²) in [4.78, 5) is 26.0. The van der Waals surface area contributed by atoms with Crippen molar-refractivity contribution in [1.82, 2.24) is 10.2 Å². The van der Waals surface area contributed by atoms with Gasteiger partial charge in [-0.1, -0.05) is 43.8 Å². The van der Waals surface area contributed by atoms with E-state index in [2.05, 4.69) is 23.7 Å². The van der Waals surface area contributed by atoms with Gasteiger partial charge in [0.2, 0.25) is 0 Å². The molecule has 1 N–H and O–H groups in total. The van der Waals surface area contributed by atoms with Crippen LogP contribution in [0.1, 0.15) is 38.2 Å². The number of carbonyl (C=O) groups excluding carboxylic acids is 2. The molecule has 3 rings (SSSR count). The molecule has 0 radical (unpaired) electrons. The number of nitrogens with zero attached hydrogens (tertiary/aromatic N) is 1. The van der Waals surface area contributed by atoms with Crippen molar-refractivity contribution < 1.29 is 19.1 Å². The molecule has 2 saturated heterocycles. The zero-order chi connectivity index (χ0) is 18.6. The Labute approximate surface area is 154 Å². The minimum atomic E-state index is -0.584. The third-order valence-electron chi connectivity index (χ3n) is 5.33. The fourth-order valence-corrected chi connectivity index (χ4v) is 3.68. The third-order valence-corrected chi connectivity index (χ3v) is 5.33. The Bertz CT molecular complexity index is 666. The van der Waals surface area contributed by atoms with Gasteiger partial charge < -0.3 is 9.47 Å². The van der Waals surface area contributed by atoms with Crippen molar-refractivity contribution in [3.8, 4) is 0 Å². The van der Waals surface area contributed by atoms with Gasteiger partial charge in [0.05, 0.1) is 12.1 Å². The second-order valence-electron chi connectivity index (χ2n) is 6.94. The first-order chi connectivity index (χ1) is 12.5. The van der Waals surface area contributed by atoms with E-state index in [-0.39, 0.29) is 12.0 Å². The Hall–Kier alpha value is -2.34. The number of carbonyl (C=O) groups is 2. The summed E-state index contributed by atoms with van der Waals surface area (Å²) in [6, 6.07) is 9.82. The number of alkyl carbamates (subject to hydrolysis) is 1. The van der Waals surface area contributed by atoms with Gasteiger partial charge in [-0.25, -0.2) is 4.79 Å². The van der Waals surface area contributed by atoms with Crippen LogP contribution >= 0.6 is 0 Å². The predicted octanol–water partition coefficient (Wildman–Crippen LogP) is 2.99. The Balaban J connectivity index is 1.49. The maximum Gasteiger partial charge on any atom is 0.412 e. The molecule has 1 atom stereocenters. The molecule has 6 nitrogen and oxygen atoms in total. The average Bonchev–Trinajstić information content (AvgIpc) is 2.92. The molecule has 1 amide bonds. The monoisotopic (exact) mass is 358 g/mol. The molecule has 0 aliphatic carbocycles. The van der Waals surface area contributed by atoms with Gasteiger partial charge in [0.1, 0.15) is 6.61 Å². The first kappa shape index (κ1) is 18.5. The van der Waals surface area contributed by atoms with Crippen LogP contribution in [-0.4, -0.2) is 41.7 Å². The number of ether oxygens (including phenoxy) is 2. The minimum Gasteiger partial charge on any atom is -0.461 e. The normalized spacial score (nSPS) is 20.5. The molecule has 2 heterocycles. The molecule has 2 fully saturated rings. The van der Waals surface area contributed by atoms with E-state index in [1.807, 2.05) is 30.3 Å². The van der Waals surface area contributed by atoms with Gasteiger partial charge in [0.25, 0.3) is 0 Å². The summed E-state index contributed by atoms with van der Waals surface area (Å²) in [5, 5.41) is 2.65. The molecule has 2 aliphatic heterocycles. The maximum atomic E-state index is 12.2. The lowest BCUT2D eigenvalue weighted by molar-refractivity contribution is -0.146. The minimum absolute atomic E-state index is 0.133. The predicted molar refractivity (Wildman–Crippen MR) is 97.2 cm³/mol. The van der Waals surface area contributed by atoms with Crippen molar-refractivity contribution in [1.29, 1.82) is 0 Å². The molecule has 1 unspecified atom stereocenters. The smallest absolute Gasteiger partial charge is 0.412 e. The number of rotatable bonds is 6. The Kier molecular flexibility index (Phi) is 5.61. The van der Waals surface area contributed by atoms with Gasteiger partial charge in [-0.3, -0.25) is 15.0 Å². The Morgan fingerprint density at radius 3 is 2.62 bits per heavy atom. The van der Waals surface area contributed by atoms with E-state index < -0.39 is 11.7 Å². The number of piperidine rings is 1. The lowest BCUT2D eigenvalue weighted by Crippen LogP contribution is -2.49. The van der Waals surface area contributed by atoms with E-state index in [1.165, 1.54) is 0 Å². The molecule has 0 aromatic heterocycles. The second-order valence-corrected chi connectivity index (χ2v) is 6.94. The number of hydrogen-bond donors (Lipinski definition) is 1. The summed E-state index contributed by atoms with van der Waals surface area (Å²) in [6.07, 6.45) is 2.21. The zero-order valence-corrected chi connectivity index (χ0v) is 15.2. The summed E-state index contributed by atoms with van der Waals surface area (Å²) in [7, 11) is 0. The first-order valence-electron chi connectivity index (χ1n) is 9.15. The van der Waals surface area contributed by atoms with Crippen LogP contribution in [0.4, 0.5) is 4.79 Å². The highest BCUT2D eigenvalue weighted by Crippen LogP contribution is 2.36. The Morgan fingerprint density at radius 1 is 1.35 bits per heavy atom. The standard InChI is InChI=1S/C20H26N2O4/c1-3-17(13-18(23)25-14-16-7-5-4-6-8-16)22-11-9-20(10-12-22)15(2)21-19(24)26-20/h4-8,17H,2-3,9-14H2,1H3,(H,21,24). The van der Waals surface area contributed by atoms with Gasteiger partial charge in [-0.05, 0) is 12.0 Å². The van der Waals surface area contributed by atoms with E-state index in [0.717, 1.165) is 25.1 Å². The average molecular weight is 358 g/mol. The second kappa shape index (κ2) is 7.91. The molecular weight excluding hydrogens is 332 g/mol. The van der Waals surface area contributed by atoms with Crippen LogP contribution in [-0.2, 0) is 20.9 Å². The van der Waals surface area contributed by atoms with Crippen LogP contribution in [0.2, 0.25) is 0 Å². The van der Waals surface area contributed by atoms with Crippen LogP contribution in [0.15, 0.2) is 42.6 Å². The van der Waals surface area contributed by atoms with Crippen LogP contribution in [0.5, 0.6) is 0 Å². The first-order valence-corrected chi connectivity index (χ1v) is 9.15. The SMILES string of the molecule is C=C1NC(=O)OC12CCN(C(CC)CC(=O)OCc1ccccc1)CC2. The largest absolute Gasteiger partial charge is 0.461 e. The van der Waals surface area contributed by atoms with Crippen LogP contribution in [0, 0.1) is 0 Å². The fraction of sp³-hybridized carbons (Fsp3) is 0.500. The number of esters is 1. The molecule has 1 aromatic carbocycles. The van der Waals surface area contributed by atoms with Crippen molar-refractivity contribution in [2.24, 2.45) is 0 Å². The summed E-state index contributed by atoms with van der Waals surface area (Å²) < 4.78 is 10.9. The number of nitrogens with one attached hydrogen (secondary N) is 1. The van der Waals surface area contributed by atoms with Gasteiger partial charge in [0.15, 0.2) is 5.60 Å². The summed E-state index contributed by atoms with van der Waals surface area (Å²) in [5.41, 5.74) is 1.06. The van der Waals surface area contributed by atoms with Crippen molar-refractivity contribution in [3.63, 3.8) is 0 Å². The number of hydrogen-bond acceptors (Lipinski definition) is 5. The molecular formula is C20H26N2O4. The summed E-state index contributed by atoms with van der Waals surface area (Å²) >= 11 is 0. The van der Waals surface area contributed by atoms with Gasteiger partial charge in [0, 0.05) is 32.0 Å². The highest BCUT2D eigenvalue weighted by atomic mass is 16.6. The molecule has 0 saturated carbocycles. The zero-order valence-electron chi connectivity index (χ0n) is 15.2. The van der Waals surface area contributed by atoms with Crippen LogP contribution in [0.3, 0.4) is 0 Å². The number of likely N-dealkylation sites (tertiary alicyclic amines) is 1. The summed E-state index contributed by atoms with van der Waals surface area (Å²) in [5.74, 6) is -0.181. The third kappa shape index (κ3) is 4.07. The molecule has 2 aliphatic rings. The highest BCUT2D eigenvalue weighted by Gasteiger charge is 2.46. The maximum absolute atomic E-state index is 12.2. The number of benzene rings is 1. The highest BCUT2D eigenvalue weighted by molar-refractivity contribution is 5.74.